The van der Waals surface area contributed by atoms with Crippen LogP contribution in [0.4, 0.5) is 4.39 Å². The van der Waals surface area contributed by atoms with E-state index in [1.54, 1.807) is 6.07 Å². The number of halogens is 1. The van der Waals surface area contributed by atoms with E-state index in [1.165, 1.54) is 22.3 Å². The van der Waals surface area contributed by atoms with Crippen molar-refractivity contribution in [2.24, 2.45) is 0 Å². The topological polar surface area (TPSA) is 0 Å². The van der Waals surface area contributed by atoms with Crippen molar-refractivity contribution < 1.29 is 4.39 Å². The van der Waals surface area contributed by atoms with Crippen LogP contribution in [-0.4, -0.2) is 0 Å². The molecule has 3 aromatic rings. The van der Waals surface area contributed by atoms with Crippen molar-refractivity contribution in [2.75, 3.05) is 0 Å². The smallest absolute Gasteiger partial charge is 0.126 e. The highest BCUT2D eigenvalue weighted by atomic mass is 19.1. The first-order chi connectivity index (χ1) is 11.5. The van der Waals surface area contributed by atoms with Crippen molar-refractivity contribution in [3.8, 4) is 11.1 Å². The summed E-state index contributed by atoms with van der Waals surface area (Å²) in [6, 6.07) is 20.8. The van der Waals surface area contributed by atoms with Crippen LogP contribution in [0.3, 0.4) is 0 Å². The molecule has 122 valence electrons. The van der Waals surface area contributed by atoms with Gasteiger partial charge in [-0.25, -0.2) is 4.39 Å². The average Bonchev–Trinajstić information content (AvgIpc) is 2.55. The Labute approximate surface area is 144 Å². The summed E-state index contributed by atoms with van der Waals surface area (Å²) in [4.78, 5) is 0. The molecule has 0 bridgehead atoms. The van der Waals surface area contributed by atoms with Crippen molar-refractivity contribution in [3.63, 3.8) is 0 Å². The molecule has 0 nitrogen and oxygen atoms in total. The van der Waals surface area contributed by atoms with Gasteiger partial charge in [0.25, 0.3) is 0 Å². The first-order valence-corrected chi connectivity index (χ1v) is 8.44. The van der Waals surface area contributed by atoms with Crippen LogP contribution in [0.15, 0.2) is 60.7 Å². The molecule has 0 N–H and O–H groups in total. The van der Waals surface area contributed by atoms with Crippen LogP contribution in [0.1, 0.15) is 27.8 Å². The third kappa shape index (κ3) is 3.73. The number of benzene rings is 3. The second-order valence-corrected chi connectivity index (χ2v) is 6.61. The van der Waals surface area contributed by atoms with Crippen LogP contribution >= 0.6 is 0 Å². The maximum Gasteiger partial charge on any atom is 0.126 e. The fourth-order valence-electron chi connectivity index (χ4n) is 3.14. The molecule has 0 heterocycles. The van der Waals surface area contributed by atoms with E-state index < -0.39 is 0 Å². The SMILES string of the molecule is Cc1ccc(-c2ccc(CCc3c(C)cc(C)cc3F)cc2)cc1. The Morgan fingerprint density at radius 2 is 1.25 bits per heavy atom. The number of hydrogen-bond donors (Lipinski definition) is 0. The summed E-state index contributed by atoms with van der Waals surface area (Å²) in [5, 5.41) is 0. The van der Waals surface area contributed by atoms with Gasteiger partial charge in [0, 0.05) is 0 Å². The molecule has 0 atom stereocenters. The fraction of sp³-hybridized carbons (Fsp3) is 0.217. The van der Waals surface area contributed by atoms with Crippen molar-refractivity contribution in [1.82, 2.24) is 0 Å². The van der Waals surface area contributed by atoms with Crippen molar-refractivity contribution in [3.05, 3.63) is 94.3 Å². The third-order valence-corrected chi connectivity index (χ3v) is 4.57. The molecule has 0 aliphatic heterocycles. The monoisotopic (exact) mass is 318 g/mol. The van der Waals surface area contributed by atoms with Gasteiger partial charge in [-0.2, -0.15) is 0 Å². The zero-order chi connectivity index (χ0) is 17.1. The molecule has 0 fully saturated rings. The van der Waals surface area contributed by atoms with Gasteiger partial charge in [0.1, 0.15) is 5.82 Å². The molecular weight excluding hydrogens is 295 g/mol. The van der Waals surface area contributed by atoms with E-state index in [-0.39, 0.29) is 5.82 Å². The second-order valence-electron chi connectivity index (χ2n) is 6.61. The second kappa shape index (κ2) is 7.00. The van der Waals surface area contributed by atoms with Crippen LogP contribution < -0.4 is 0 Å². The zero-order valence-corrected chi connectivity index (χ0v) is 14.6. The molecule has 0 saturated heterocycles. The maximum absolute atomic E-state index is 14.1. The quantitative estimate of drug-likeness (QED) is 0.537. The molecule has 0 saturated carbocycles. The van der Waals surface area contributed by atoms with Gasteiger partial charge < -0.3 is 0 Å². The average molecular weight is 318 g/mol. The van der Waals surface area contributed by atoms with E-state index in [9.17, 15) is 4.39 Å². The largest absolute Gasteiger partial charge is 0.207 e. The van der Waals surface area contributed by atoms with Crippen molar-refractivity contribution in [2.45, 2.75) is 33.6 Å². The fourth-order valence-corrected chi connectivity index (χ4v) is 3.14. The predicted octanol–water partition coefficient (Wildman–Crippen LogP) is 6.20. The molecule has 0 amide bonds. The van der Waals surface area contributed by atoms with Crippen molar-refractivity contribution in [1.29, 1.82) is 0 Å². The minimum Gasteiger partial charge on any atom is -0.207 e. The maximum atomic E-state index is 14.1. The summed E-state index contributed by atoms with van der Waals surface area (Å²) in [6.07, 6.45) is 1.59. The van der Waals surface area contributed by atoms with E-state index in [2.05, 4.69) is 61.5 Å². The lowest BCUT2D eigenvalue weighted by Gasteiger charge is -2.09. The van der Waals surface area contributed by atoms with Gasteiger partial charge in [-0.3, -0.25) is 0 Å². The Hall–Kier alpha value is -2.41. The van der Waals surface area contributed by atoms with Gasteiger partial charge in [0.2, 0.25) is 0 Å². The lowest BCUT2D eigenvalue weighted by molar-refractivity contribution is 0.605. The number of rotatable bonds is 4. The molecule has 0 radical (unpaired) electrons. The van der Waals surface area contributed by atoms with Gasteiger partial charge in [0.15, 0.2) is 0 Å². The van der Waals surface area contributed by atoms with E-state index >= 15 is 0 Å². The van der Waals surface area contributed by atoms with E-state index in [1.807, 2.05) is 13.8 Å². The molecule has 1 heteroatoms. The Bertz CT molecular complexity index is 804. The van der Waals surface area contributed by atoms with E-state index in [4.69, 9.17) is 0 Å². The van der Waals surface area contributed by atoms with Gasteiger partial charge >= 0.3 is 0 Å². The molecule has 0 aliphatic carbocycles. The molecule has 3 aromatic carbocycles. The summed E-state index contributed by atoms with van der Waals surface area (Å²) >= 11 is 0. The summed E-state index contributed by atoms with van der Waals surface area (Å²) < 4.78 is 14.1. The minimum absolute atomic E-state index is 0.0798. The van der Waals surface area contributed by atoms with Gasteiger partial charge in [0.05, 0.1) is 0 Å². The Morgan fingerprint density at radius 1 is 0.667 bits per heavy atom. The standard InChI is InChI=1S/C23H23F/c1-16-4-9-20(10-5-16)21-11-6-19(7-12-21)8-13-22-18(3)14-17(2)15-23(22)24/h4-7,9-12,14-15H,8,13H2,1-3H3. The molecular formula is C23H23F. The highest BCUT2D eigenvalue weighted by molar-refractivity contribution is 5.63. The van der Waals surface area contributed by atoms with Gasteiger partial charge in [-0.1, -0.05) is 60.2 Å². The minimum atomic E-state index is -0.0798. The Balaban J connectivity index is 1.72. The van der Waals surface area contributed by atoms with Crippen LogP contribution in [0, 0.1) is 26.6 Å². The van der Waals surface area contributed by atoms with Crippen LogP contribution in [0.25, 0.3) is 11.1 Å². The zero-order valence-electron chi connectivity index (χ0n) is 14.6. The molecule has 0 aliphatic rings. The summed E-state index contributed by atoms with van der Waals surface area (Å²) in [7, 11) is 0. The lowest BCUT2D eigenvalue weighted by atomic mass is 9.97. The number of hydrogen-bond acceptors (Lipinski definition) is 0. The van der Waals surface area contributed by atoms with E-state index in [0.717, 1.165) is 29.5 Å². The molecule has 0 unspecified atom stereocenters. The first kappa shape index (κ1) is 16.4. The lowest BCUT2D eigenvalue weighted by Crippen LogP contribution is -1.99. The molecule has 0 aromatic heterocycles. The highest BCUT2D eigenvalue weighted by Crippen LogP contribution is 2.22. The summed E-state index contributed by atoms with van der Waals surface area (Å²) in [6.45, 7) is 6.02. The number of aryl methyl sites for hydroxylation is 4. The Kier molecular flexibility index (Phi) is 4.80. The first-order valence-electron chi connectivity index (χ1n) is 8.44. The summed E-state index contributed by atoms with van der Waals surface area (Å²) in [5.41, 5.74) is 7.82. The van der Waals surface area contributed by atoms with Gasteiger partial charge in [-0.15, -0.1) is 0 Å². The Morgan fingerprint density at radius 3 is 1.83 bits per heavy atom. The van der Waals surface area contributed by atoms with Crippen LogP contribution in [0.2, 0.25) is 0 Å². The normalized spacial score (nSPS) is 10.8. The molecule has 0 spiro atoms. The van der Waals surface area contributed by atoms with E-state index in [0.29, 0.717) is 0 Å². The van der Waals surface area contributed by atoms with Crippen LogP contribution in [-0.2, 0) is 12.8 Å². The third-order valence-electron chi connectivity index (χ3n) is 4.57. The highest BCUT2D eigenvalue weighted by Gasteiger charge is 2.07. The summed E-state index contributed by atoms with van der Waals surface area (Å²) in [5.74, 6) is -0.0798. The van der Waals surface area contributed by atoms with Crippen molar-refractivity contribution >= 4 is 0 Å². The van der Waals surface area contributed by atoms with Crippen LogP contribution in [0.5, 0.6) is 0 Å². The molecule has 24 heavy (non-hydrogen) atoms. The van der Waals surface area contributed by atoms with Gasteiger partial charge in [-0.05, 0) is 73.1 Å². The predicted molar refractivity (Wildman–Crippen MR) is 99.9 cm³/mol. The molecule has 3 rings (SSSR count).